The fourth-order valence-corrected chi connectivity index (χ4v) is 3.69. The Bertz CT molecular complexity index is 943. The van der Waals surface area contributed by atoms with E-state index in [0.717, 1.165) is 13.1 Å². The molecule has 1 N–H and O–H groups in total. The van der Waals surface area contributed by atoms with Gasteiger partial charge >= 0.3 is 0 Å². The molecule has 1 aromatic heterocycles. The zero-order valence-electron chi connectivity index (χ0n) is 17.9. The summed E-state index contributed by atoms with van der Waals surface area (Å²) >= 11 is 0. The molecule has 164 valence electrons. The van der Waals surface area contributed by atoms with Crippen LogP contribution in [0, 0.1) is 0 Å². The third-order valence-electron chi connectivity index (χ3n) is 5.41. The quantitative estimate of drug-likeness (QED) is 0.437. The molecule has 1 aliphatic rings. The Morgan fingerprint density at radius 3 is 2.55 bits per heavy atom. The molecule has 0 aliphatic carbocycles. The summed E-state index contributed by atoms with van der Waals surface area (Å²) in [6, 6.07) is 9.56. The molecule has 7 heteroatoms. The molecule has 3 rings (SSSR count). The summed E-state index contributed by atoms with van der Waals surface area (Å²) in [7, 11) is 0. The van der Waals surface area contributed by atoms with Gasteiger partial charge in [-0.25, -0.2) is 0 Å². The lowest BCUT2D eigenvalue weighted by Gasteiger charge is -2.29. The second kappa shape index (κ2) is 10.1. The number of nitrogens with zero attached hydrogens (tertiary/aromatic N) is 2. The second-order valence-electron chi connectivity index (χ2n) is 7.17. The summed E-state index contributed by atoms with van der Waals surface area (Å²) < 4.78 is 10.8. The van der Waals surface area contributed by atoms with Crippen molar-refractivity contribution in [3.63, 3.8) is 0 Å². The number of aliphatic hydroxyl groups is 1. The highest BCUT2D eigenvalue weighted by atomic mass is 16.5. The van der Waals surface area contributed by atoms with E-state index in [-0.39, 0.29) is 11.3 Å². The van der Waals surface area contributed by atoms with Crippen LogP contribution < -0.4 is 4.74 Å². The fraction of sp³-hybridized carbons (Fsp3) is 0.333. The molecule has 2 aromatic rings. The summed E-state index contributed by atoms with van der Waals surface area (Å²) in [5, 5.41) is 10.7. The second-order valence-corrected chi connectivity index (χ2v) is 7.17. The van der Waals surface area contributed by atoms with Crippen molar-refractivity contribution >= 4 is 11.7 Å². The lowest BCUT2D eigenvalue weighted by molar-refractivity contribution is -0.129. The normalized spacial score (nSPS) is 16.3. The van der Waals surface area contributed by atoms with Gasteiger partial charge in [-0.1, -0.05) is 38.6 Å². The zero-order chi connectivity index (χ0) is 22.4. The summed E-state index contributed by atoms with van der Waals surface area (Å²) in [4.78, 5) is 29.8. The van der Waals surface area contributed by atoms with E-state index in [1.165, 1.54) is 12.3 Å². The van der Waals surface area contributed by atoms with Gasteiger partial charge in [-0.2, -0.15) is 0 Å². The number of aliphatic hydroxyl groups excluding tert-OH is 1. The van der Waals surface area contributed by atoms with Crippen molar-refractivity contribution in [1.29, 1.82) is 0 Å². The van der Waals surface area contributed by atoms with E-state index in [1.807, 2.05) is 0 Å². The van der Waals surface area contributed by atoms with Crippen molar-refractivity contribution in [2.24, 2.45) is 0 Å². The van der Waals surface area contributed by atoms with Crippen LogP contribution >= 0.6 is 0 Å². The van der Waals surface area contributed by atoms with E-state index in [1.54, 1.807) is 41.3 Å². The minimum absolute atomic E-state index is 0.0271. The number of hydrogen-bond donors (Lipinski definition) is 1. The van der Waals surface area contributed by atoms with Crippen LogP contribution in [0.4, 0.5) is 0 Å². The van der Waals surface area contributed by atoms with E-state index in [4.69, 9.17) is 9.15 Å². The van der Waals surface area contributed by atoms with Crippen LogP contribution in [-0.2, 0) is 4.79 Å². The lowest BCUT2D eigenvalue weighted by atomic mass is 9.95. The fourth-order valence-electron chi connectivity index (χ4n) is 3.69. The van der Waals surface area contributed by atoms with E-state index in [0.29, 0.717) is 31.0 Å². The Kier molecular flexibility index (Phi) is 7.31. The van der Waals surface area contributed by atoms with Gasteiger partial charge < -0.3 is 24.1 Å². The molecule has 1 amide bonds. The standard InChI is InChI=1S/C24H28N2O5/c1-4-15-30-18-11-9-17(10-12-18)21-20(22(27)19-8-7-16-31-19)23(28)24(29)26(21)14-13-25(5-2)6-3/h4,7-12,16,21,28H,1,5-6,13-15H2,2-3H3/t21-/m0/s1. The first kappa shape index (κ1) is 22.4. The van der Waals surface area contributed by atoms with Crippen LogP contribution in [0.2, 0.25) is 0 Å². The van der Waals surface area contributed by atoms with Crippen molar-refractivity contribution < 1.29 is 23.8 Å². The maximum absolute atomic E-state index is 13.1. The highest BCUT2D eigenvalue weighted by Gasteiger charge is 2.44. The number of furan rings is 1. The SMILES string of the molecule is C=CCOc1ccc([C@H]2C(C(=O)c3ccco3)=C(O)C(=O)N2CCN(CC)CC)cc1. The minimum Gasteiger partial charge on any atom is -0.503 e. The predicted molar refractivity (Wildman–Crippen MR) is 117 cm³/mol. The summed E-state index contributed by atoms with van der Waals surface area (Å²) in [6.07, 6.45) is 3.04. The predicted octanol–water partition coefficient (Wildman–Crippen LogP) is 3.76. The Balaban J connectivity index is 1.96. The Labute approximate surface area is 182 Å². The lowest BCUT2D eigenvalue weighted by Crippen LogP contribution is -2.38. The number of rotatable bonds is 11. The molecule has 0 unspecified atom stereocenters. The van der Waals surface area contributed by atoms with Gasteiger partial charge in [-0.05, 0) is 42.9 Å². The third kappa shape index (κ3) is 4.72. The topological polar surface area (TPSA) is 83.2 Å². The minimum atomic E-state index is -0.714. The molecular formula is C24H28N2O5. The van der Waals surface area contributed by atoms with Gasteiger partial charge in [0.2, 0.25) is 5.78 Å². The summed E-state index contributed by atoms with van der Waals surface area (Å²) in [6.45, 7) is 10.8. The number of benzene rings is 1. The van der Waals surface area contributed by atoms with Crippen molar-refractivity contribution in [1.82, 2.24) is 9.80 Å². The summed E-state index contributed by atoms with van der Waals surface area (Å²) in [5.41, 5.74) is 0.733. The van der Waals surface area contributed by atoms with Gasteiger partial charge in [0, 0.05) is 13.1 Å². The van der Waals surface area contributed by atoms with E-state index in [9.17, 15) is 14.7 Å². The van der Waals surface area contributed by atoms with Crippen molar-refractivity contribution in [2.45, 2.75) is 19.9 Å². The van der Waals surface area contributed by atoms with Crippen LogP contribution in [0.5, 0.6) is 5.75 Å². The van der Waals surface area contributed by atoms with Gasteiger partial charge in [-0.3, -0.25) is 9.59 Å². The first-order valence-corrected chi connectivity index (χ1v) is 10.4. The molecule has 2 heterocycles. The van der Waals surface area contributed by atoms with E-state index >= 15 is 0 Å². The van der Waals surface area contributed by atoms with Crippen molar-refractivity contribution in [3.05, 3.63) is 78.0 Å². The molecule has 0 saturated carbocycles. The van der Waals surface area contributed by atoms with Crippen molar-refractivity contribution in [3.8, 4) is 5.75 Å². The Morgan fingerprint density at radius 2 is 1.97 bits per heavy atom. The van der Waals surface area contributed by atoms with Crippen molar-refractivity contribution in [2.75, 3.05) is 32.8 Å². The molecule has 7 nitrogen and oxygen atoms in total. The maximum atomic E-state index is 13.1. The number of hydrogen-bond acceptors (Lipinski definition) is 6. The van der Waals surface area contributed by atoms with Gasteiger partial charge in [0.1, 0.15) is 12.4 Å². The van der Waals surface area contributed by atoms with Gasteiger partial charge in [0.15, 0.2) is 11.5 Å². The van der Waals surface area contributed by atoms with Crippen LogP contribution in [0.3, 0.4) is 0 Å². The zero-order valence-corrected chi connectivity index (χ0v) is 17.9. The van der Waals surface area contributed by atoms with Gasteiger partial charge in [-0.15, -0.1) is 0 Å². The summed E-state index contributed by atoms with van der Waals surface area (Å²) in [5.74, 6) is -0.860. The van der Waals surface area contributed by atoms with Gasteiger partial charge in [0.05, 0.1) is 17.9 Å². The van der Waals surface area contributed by atoms with E-state index in [2.05, 4.69) is 25.3 Å². The highest BCUT2D eigenvalue weighted by molar-refractivity contribution is 6.15. The van der Waals surface area contributed by atoms with Crippen LogP contribution in [0.1, 0.15) is 36.0 Å². The molecule has 0 bridgehead atoms. The molecule has 0 fully saturated rings. The van der Waals surface area contributed by atoms with Crippen LogP contribution in [-0.4, -0.2) is 59.4 Å². The molecule has 1 atom stereocenters. The van der Waals surface area contributed by atoms with E-state index < -0.39 is 23.5 Å². The monoisotopic (exact) mass is 424 g/mol. The molecule has 0 spiro atoms. The number of likely N-dealkylation sites (N-methyl/N-ethyl adjacent to an activating group) is 1. The Morgan fingerprint density at radius 1 is 1.26 bits per heavy atom. The number of carbonyl (C=O) groups is 2. The average molecular weight is 424 g/mol. The smallest absolute Gasteiger partial charge is 0.290 e. The molecule has 1 aliphatic heterocycles. The molecule has 31 heavy (non-hydrogen) atoms. The number of ketones is 1. The molecule has 1 aromatic carbocycles. The molecule has 0 saturated heterocycles. The largest absolute Gasteiger partial charge is 0.503 e. The molecule has 0 radical (unpaired) electrons. The van der Waals surface area contributed by atoms with Gasteiger partial charge in [0.25, 0.3) is 5.91 Å². The number of ether oxygens (including phenoxy) is 1. The number of amides is 1. The van der Waals surface area contributed by atoms with Crippen LogP contribution in [0.25, 0.3) is 0 Å². The Hall–Kier alpha value is -3.32. The van der Waals surface area contributed by atoms with Crippen LogP contribution in [0.15, 0.2) is 71.1 Å². The maximum Gasteiger partial charge on any atom is 0.290 e. The first-order chi connectivity index (χ1) is 15.0. The number of carbonyl (C=O) groups excluding carboxylic acids is 2. The molecular weight excluding hydrogens is 396 g/mol. The third-order valence-corrected chi connectivity index (χ3v) is 5.41. The average Bonchev–Trinajstić information content (AvgIpc) is 3.41. The number of Topliss-reactive ketones (excluding diaryl/α,β-unsaturated/α-hetero) is 1. The highest BCUT2D eigenvalue weighted by Crippen LogP contribution is 2.39. The first-order valence-electron chi connectivity index (χ1n) is 10.4.